The topological polar surface area (TPSA) is 99.5 Å². The molecule has 4 heterocycles. The summed E-state index contributed by atoms with van der Waals surface area (Å²) < 4.78 is 8.47. The van der Waals surface area contributed by atoms with Crippen molar-refractivity contribution in [3.05, 3.63) is 36.4 Å². The number of carbonyl (C=O) groups excluding carboxylic acids is 1. The van der Waals surface area contributed by atoms with E-state index in [0.29, 0.717) is 12.4 Å². The van der Waals surface area contributed by atoms with Crippen molar-refractivity contribution in [2.75, 3.05) is 19.4 Å². The van der Waals surface area contributed by atoms with E-state index >= 15 is 0 Å². The standard InChI is InChI=1S/C18H22N6O2/c1-23-6-5-12(10-23)13-9-21-24-16(19)7-15(22-17(13)24)11-3-4-14(20-8-11)18(25)26-2/h5-7,9-11,14,20H,3-4,8,19H2,1-2H3/t11-,14-/m0/s1. The van der Waals surface area contributed by atoms with Gasteiger partial charge in [-0.05, 0) is 18.9 Å². The summed E-state index contributed by atoms with van der Waals surface area (Å²) in [6.45, 7) is 0.664. The molecule has 0 unspecified atom stereocenters. The van der Waals surface area contributed by atoms with Gasteiger partial charge in [0.05, 0.1) is 19.0 Å². The lowest BCUT2D eigenvalue weighted by Gasteiger charge is -2.28. The van der Waals surface area contributed by atoms with Crippen molar-refractivity contribution in [2.24, 2.45) is 7.05 Å². The van der Waals surface area contributed by atoms with Gasteiger partial charge in [0.25, 0.3) is 0 Å². The maximum absolute atomic E-state index is 11.7. The van der Waals surface area contributed by atoms with E-state index in [-0.39, 0.29) is 17.9 Å². The van der Waals surface area contributed by atoms with Gasteiger partial charge in [0, 0.05) is 49.1 Å². The third-order valence-corrected chi connectivity index (χ3v) is 4.98. The fourth-order valence-electron chi connectivity index (χ4n) is 3.53. The normalized spacial score (nSPS) is 20.4. The number of nitrogen functional groups attached to an aromatic ring is 1. The largest absolute Gasteiger partial charge is 0.468 e. The Morgan fingerprint density at radius 3 is 2.92 bits per heavy atom. The maximum atomic E-state index is 11.7. The van der Waals surface area contributed by atoms with Crippen LogP contribution in [0.3, 0.4) is 0 Å². The molecule has 1 aliphatic rings. The summed E-state index contributed by atoms with van der Waals surface area (Å²) in [7, 11) is 3.39. The van der Waals surface area contributed by atoms with Gasteiger partial charge in [0.1, 0.15) is 11.9 Å². The zero-order chi connectivity index (χ0) is 18.3. The predicted molar refractivity (Wildman–Crippen MR) is 97.6 cm³/mol. The Bertz CT molecular complexity index is 952. The van der Waals surface area contributed by atoms with Gasteiger partial charge >= 0.3 is 5.97 Å². The molecule has 3 aromatic heterocycles. The number of nitrogens with one attached hydrogen (secondary N) is 1. The lowest BCUT2D eigenvalue weighted by atomic mass is 9.92. The van der Waals surface area contributed by atoms with Crippen molar-refractivity contribution in [1.29, 1.82) is 0 Å². The van der Waals surface area contributed by atoms with Crippen LogP contribution in [0.25, 0.3) is 16.8 Å². The minimum atomic E-state index is -0.243. The number of nitrogens with zero attached hydrogens (tertiary/aromatic N) is 4. The van der Waals surface area contributed by atoms with Gasteiger partial charge in [-0.1, -0.05) is 0 Å². The number of aromatic nitrogens is 4. The first-order valence-electron chi connectivity index (χ1n) is 8.64. The van der Waals surface area contributed by atoms with E-state index in [9.17, 15) is 4.79 Å². The second kappa shape index (κ2) is 6.45. The van der Waals surface area contributed by atoms with Gasteiger partial charge in [-0.25, -0.2) is 4.98 Å². The van der Waals surface area contributed by atoms with E-state index in [1.807, 2.05) is 36.1 Å². The molecule has 3 N–H and O–H groups in total. The number of esters is 1. The fourth-order valence-corrected chi connectivity index (χ4v) is 3.53. The van der Waals surface area contributed by atoms with Crippen molar-refractivity contribution in [2.45, 2.75) is 24.8 Å². The molecule has 1 saturated heterocycles. The number of hydrogen-bond acceptors (Lipinski definition) is 6. The Kier molecular flexibility index (Phi) is 4.12. The van der Waals surface area contributed by atoms with Crippen LogP contribution in [0.15, 0.2) is 30.7 Å². The van der Waals surface area contributed by atoms with Crippen molar-refractivity contribution >= 4 is 17.4 Å². The van der Waals surface area contributed by atoms with Crippen LogP contribution in [0.1, 0.15) is 24.5 Å². The Balaban J connectivity index is 1.66. The van der Waals surface area contributed by atoms with Crippen LogP contribution in [0.5, 0.6) is 0 Å². The van der Waals surface area contributed by atoms with Crippen LogP contribution >= 0.6 is 0 Å². The fraction of sp³-hybridized carbons (Fsp3) is 0.389. The molecule has 0 aliphatic carbocycles. The zero-order valence-corrected chi connectivity index (χ0v) is 14.8. The summed E-state index contributed by atoms with van der Waals surface area (Å²) in [6, 6.07) is 3.66. The van der Waals surface area contributed by atoms with E-state index in [0.717, 1.165) is 35.3 Å². The van der Waals surface area contributed by atoms with E-state index in [1.165, 1.54) is 7.11 Å². The molecule has 2 atom stereocenters. The highest BCUT2D eigenvalue weighted by atomic mass is 16.5. The minimum Gasteiger partial charge on any atom is -0.468 e. The Hall–Kier alpha value is -2.87. The molecule has 0 spiro atoms. The molecule has 8 heteroatoms. The number of hydrogen-bond donors (Lipinski definition) is 2. The molecule has 1 aliphatic heterocycles. The first-order chi connectivity index (χ1) is 12.6. The highest BCUT2D eigenvalue weighted by Gasteiger charge is 2.28. The lowest BCUT2D eigenvalue weighted by molar-refractivity contribution is -0.143. The number of piperidine rings is 1. The second-order valence-electron chi connectivity index (χ2n) is 6.72. The first-order valence-corrected chi connectivity index (χ1v) is 8.64. The van der Waals surface area contributed by atoms with Crippen molar-refractivity contribution in [3.63, 3.8) is 0 Å². The zero-order valence-electron chi connectivity index (χ0n) is 14.8. The number of ether oxygens (including phenoxy) is 1. The summed E-state index contributed by atoms with van der Waals surface area (Å²) in [4.78, 5) is 16.5. The number of carbonyl (C=O) groups is 1. The molecule has 0 radical (unpaired) electrons. The molecule has 3 aromatic rings. The molecular formula is C18H22N6O2. The van der Waals surface area contributed by atoms with E-state index in [4.69, 9.17) is 15.5 Å². The Morgan fingerprint density at radius 1 is 1.42 bits per heavy atom. The lowest BCUT2D eigenvalue weighted by Crippen LogP contribution is -2.44. The molecule has 26 heavy (non-hydrogen) atoms. The van der Waals surface area contributed by atoms with E-state index < -0.39 is 0 Å². The van der Waals surface area contributed by atoms with Gasteiger partial charge in [-0.3, -0.25) is 4.79 Å². The molecule has 1 fully saturated rings. The summed E-state index contributed by atoms with van der Waals surface area (Å²) in [5.41, 5.74) is 9.90. The number of fused-ring (bicyclic) bond motifs is 1. The quantitative estimate of drug-likeness (QED) is 0.688. The third-order valence-electron chi connectivity index (χ3n) is 4.98. The number of anilines is 1. The number of nitrogens with two attached hydrogens (primary N) is 1. The molecule has 0 saturated carbocycles. The SMILES string of the molecule is COC(=O)[C@@H]1CC[C@H](c2cc(N)n3ncc(-c4ccn(C)c4)c3n2)CN1. The second-order valence-corrected chi connectivity index (χ2v) is 6.72. The van der Waals surface area contributed by atoms with Crippen LogP contribution in [-0.2, 0) is 16.6 Å². The van der Waals surface area contributed by atoms with Crippen LogP contribution in [0.4, 0.5) is 5.82 Å². The maximum Gasteiger partial charge on any atom is 0.322 e. The first kappa shape index (κ1) is 16.6. The van der Waals surface area contributed by atoms with Crippen molar-refractivity contribution in [1.82, 2.24) is 24.5 Å². The van der Waals surface area contributed by atoms with Gasteiger partial charge in [0.15, 0.2) is 5.65 Å². The third kappa shape index (κ3) is 2.82. The summed E-state index contributed by atoms with van der Waals surface area (Å²) in [6.07, 6.45) is 7.39. The number of aryl methyl sites for hydroxylation is 1. The molecule has 0 bridgehead atoms. The number of rotatable bonds is 3. The molecule has 0 amide bonds. The summed E-state index contributed by atoms with van der Waals surface area (Å²) in [5, 5.41) is 7.63. The Morgan fingerprint density at radius 2 is 2.27 bits per heavy atom. The van der Waals surface area contributed by atoms with Crippen LogP contribution in [-0.4, -0.2) is 44.8 Å². The van der Waals surface area contributed by atoms with E-state index in [2.05, 4.69) is 10.4 Å². The van der Waals surface area contributed by atoms with Crippen LogP contribution in [0.2, 0.25) is 0 Å². The highest BCUT2D eigenvalue weighted by Crippen LogP contribution is 2.29. The molecular weight excluding hydrogens is 332 g/mol. The molecule has 0 aromatic carbocycles. The average Bonchev–Trinajstić information content (AvgIpc) is 3.27. The molecule has 8 nitrogen and oxygen atoms in total. The Labute approximate surface area is 151 Å². The minimum absolute atomic E-state index is 0.196. The van der Waals surface area contributed by atoms with Gasteiger partial charge in [-0.15, -0.1) is 0 Å². The van der Waals surface area contributed by atoms with Crippen molar-refractivity contribution < 1.29 is 9.53 Å². The predicted octanol–water partition coefficient (Wildman–Crippen LogP) is 1.33. The average molecular weight is 354 g/mol. The van der Waals surface area contributed by atoms with Crippen LogP contribution in [0, 0.1) is 0 Å². The summed E-state index contributed by atoms with van der Waals surface area (Å²) in [5.74, 6) is 0.539. The highest BCUT2D eigenvalue weighted by molar-refractivity contribution is 5.78. The summed E-state index contributed by atoms with van der Waals surface area (Å²) >= 11 is 0. The monoisotopic (exact) mass is 354 g/mol. The van der Waals surface area contributed by atoms with E-state index in [1.54, 1.807) is 10.7 Å². The molecule has 136 valence electrons. The van der Waals surface area contributed by atoms with Gasteiger partial charge in [-0.2, -0.15) is 9.61 Å². The van der Waals surface area contributed by atoms with Gasteiger partial charge < -0.3 is 20.4 Å². The molecule has 4 rings (SSSR count). The van der Waals surface area contributed by atoms with Crippen molar-refractivity contribution in [3.8, 4) is 11.1 Å². The number of methoxy groups -OCH3 is 1. The van der Waals surface area contributed by atoms with Gasteiger partial charge in [0.2, 0.25) is 0 Å². The van der Waals surface area contributed by atoms with Crippen LogP contribution < -0.4 is 11.1 Å². The smallest absolute Gasteiger partial charge is 0.322 e.